The van der Waals surface area contributed by atoms with Crippen molar-refractivity contribution < 1.29 is 13.2 Å². The van der Waals surface area contributed by atoms with E-state index in [2.05, 4.69) is 15.9 Å². The van der Waals surface area contributed by atoms with Gasteiger partial charge in [-0.15, -0.1) is 0 Å². The summed E-state index contributed by atoms with van der Waals surface area (Å²) in [6.07, 6.45) is -1.32. The van der Waals surface area contributed by atoms with Crippen molar-refractivity contribution in [3.63, 3.8) is 0 Å². The molecule has 5 heteroatoms. The third kappa shape index (κ3) is 2.50. The van der Waals surface area contributed by atoms with Crippen LogP contribution >= 0.6 is 15.9 Å². The quantitative estimate of drug-likeness (QED) is 0.827. The van der Waals surface area contributed by atoms with Gasteiger partial charge in [-0.25, -0.2) is 0 Å². The third-order valence-electron chi connectivity index (χ3n) is 3.32. The van der Waals surface area contributed by atoms with Crippen molar-refractivity contribution in [2.75, 3.05) is 0 Å². The normalized spacial score (nSPS) is 19.6. The standard InChI is InChI=1S/C12H13BrF3N/c13-8-3-4-9(10(7-8)12(14,15)16)11(17)5-1-2-6-11/h3-4,7H,1-2,5-6,17H2. The smallest absolute Gasteiger partial charge is 0.321 e. The first-order valence-electron chi connectivity index (χ1n) is 5.49. The lowest BCUT2D eigenvalue weighted by Gasteiger charge is -2.28. The van der Waals surface area contributed by atoms with Crippen LogP contribution in [0.3, 0.4) is 0 Å². The van der Waals surface area contributed by atoms with E-state index < -0.39 is 17.3 Å². The number of benzene rings is 1. The van der Waals surface area contributed by atoms with Gasteiger partial charge in [0.05, 0.1) is 5.56 Å². The van der Waals surface area contributed by atoms with E-state index in [1.807, 2.05) is 0 Å². The average Bonchev–Trinajstić information content (AvgIpc) is 2.64. The summed E-state index contributed by atoms with van der Waals surface area (Å²) >= 11 is 3.07. The number of halogens is 4. The zero-order valence-corrected chi connectivity index (χ0v) is 10.7. The summed E-state index contributed by atoms with van der Waals surface area (Å²) in [6, 6.07) is 4.23. The summed E-state index contributed by atoms with van der Waals surface area (Å²) in [4.78, 5) is 0. The highest BCUT2D eigenvalue weighted by atomic mass is 79.9. The van der Waals surface area contributed by atoms with Gasteiger partial charge in [-0.1, -0.05) is 34.8 Å². The fourth-order valence-corrected chi connectivity index (χ4v) is 2.82. The Hall–Kier alpha value is -0.550. The van der Waals surface area contributed by atoms with Crippen LogP contribution in [0.5, 0.6) is 0 Å². The molecule has 0 radical (unpaired) electrons. The molecule has 0 atom stereocenters. The largest absolute Gasteiger partial charge is 0.416 e. The van der Waals surface area contributed by atoms with Gasteiger partial charge in [0.2, 0.25) is 0 Å². The van der Waals surface area contributed by atoms with E-state index in [9.17, 15) is 13.2 Å². The van der Waals surface area contributed by atoms with Gasteiger partial charge in [-0.3, -0.25) is 0 Å². The highest BCUT2D eigenvalue weighted by Gasteiger charge is 2.41. The number of hydrogen-bond acceptors (Lipinski definition) is 1. The lowest BCUT2D eigenvalue weighted by atomic mass is 9.86. The zero-order chi connectivity index (χ0) is 12.7. The number of rotatable bonds is 1. The second-order valence-electron chi connectivity index (χ2n) is 4.55. The van der Waals surface area contributed by atoms with Crippen molar-refractivity contribution in [2.45, 2.75) is 37.4 Å². The topological polar surface area (TPSA) is 26.0 Å². The zero-order valence-electron chi connectivity index (χ0n) is 9.15. The molecule has 0 unspecified atom stereocenters. The Balaban J connectivity index is 2.53. The number of hydrogen-bond donors (Lipinski definition) is 1. The van der Waals surface area contributed by atoms with E-state index in [4.69, 9.17) is 5.73 Å². The Kier molecular flexibility index (Phi) is 3.25. The van der Waals surface area contributed by atoms with Crippen LogP contribution in [0.4, 0.5) is 13.2 Å². The Morgan fingerprint density at radius 2 is 1.76 bits per heavy atom. The van der Waals surface area contributed by atoms with Crippen molar-refractivity contribution in [1.29, 1.82) is 0 Å². The first-order valence-corrected chi connectivity index (χ1v) is 6.28. The van der Waals surface area contributed by atoms with Gasteiger partial charge in [0.25, 0.3) is 0 Å². The van der Waals surface area contributed by atoms with Crippen molar-refractivity contribution in [2.24, 2.45) is 5.73 Å². The molecule has 0 saturated heterocycles. The molecule has 0 aliphatic heterocycles. The maximum atomic E-state index is 13.0. The van der Waals surface area contributed by atoms with Crippen LogP contribution in [-0.2, 0) is 11.7 Å². The first-order chi connectivity index (χ1) is 7.83. The van der Waals surface area contributed by atoms with Crippen molar-refractivity contribution in [1.82, 2.24) is 0 Å². The molecule has 17 heavy (non-hydrogen) atoms. The summed E-state index contributed by atoms with van der Waals surface area (Å²) < 4.78 is 39.4. The second kappa shape index (κ2) is 4.28. The molecule has 0 aromatic heterocycles. The molecule has 1 saturated carbocycles. The van der Waals surface area contributed by atoms with Gasteiger partial charge in [0.15, 0.2) is 0 Å². The predicted molar refractivity (Wildman–Crippen MR) is 63.5 cm³/mol. The summed E-state index contributed by atoms with van der Waals surface area (Å²) in [5, 5.41) is 0. The van der Waals surface area contributed by atoms with Crippen molar-refractivity contribution >= 4 is 15.9 Å². The minimum Gasteiger partial charge on any atom is -0.321 e. The molecule has 2 rings (SSSR count). The van der Waals surface area contributed by atoms with Gasteiger partial charge >= 0.3 is 6.18 Å². The predicted octanol–water partition coefficient (Wildman–Crippen LogP) is 4.20. The van der Waals surface area contributed by atoms with Gasteiger partial charge in [0, 0.05) is 10.0 Å². The second-order valence-corrected chi connectivity index (χ2v) is 5.47. The molecule has 1 aromatic carbocycles. The molecule has 1 nitrogen and oxygen atoms in total. The molecular weight excluding hydrogens is 295 g/mol. The molecule has 1 aromatic rings. The summed E-state index contributed by atoms with van der Waals surface area (Å²) in [5.41, 5.74) is 4.91. The van der Waals surface area contributed by atoms with Gasteiger partial charge in [-0.05, 0) is 30.5 Å². The maximum absolute atomic E-state index is 13.0. The highest BCUT2D eigenvalue weighted by Crippen LogP contribution is 2.43. The molecule has 0 amide bonds. The van der Waals surface area contributed by atoms with Crippen LogP contribution in [0.1, 0.15) is 36.8 Å². The molecule has 94 valence electrons. The van der Waals surface area contributed by atoms with E-state index in [-0.39, 0.29) is 5.56 Å². The van der Waals surface area contributed by atoms with E-state index in [1.165, 1.54) is 6.07 Å². The van der Waals surface area contributed by atoms with Crippen LogP contribution in [0.25, 0.3) is 0 Å². The van der Waals surface area contributed by atoms with Gasteiger partial charge in [-0.2, -0.15) is 13.2 Å². The minimum atomic E-state index is -4.35. The summed E-state index contributed by atoms with van der Waals surface area (Å²) in [7, 11) is 0. The molecule has 1 aliphatic carbocycles. The lowest BCUT2D eigenvalue weighted by molar-refractivity contribution is -0.138. The van der Waals surface area contributed by atoms with Crippen molar-refractivity contribution in [3.05, 3.63) is 33.8 Å². The van der Waals surface area contributed by atoms with Crippen molar-refractivity contribution in [3.8, 4) is 0 Å². The van der Waals surface area contributed by atoms with Crippen LogP contribution in [0.2, 0.25) is 0 Å². The van der Waals surface area contributed by atoms with Gasteiger partial charge < -0.3 is 5.73 Å². The molecule has 0 heterocycles. The Morgan fingerprint density at radius 1 is 1.18 bits per heavy atom. The lowest BCUT2D eigenvalue weighted by Crippen LogP contribution is -2.35. The molecule has 1 aliphatic rings. The monoisotopic (exact) mass is 307 g/mol. The molecule has 0 spiro atoms. The van der Waals surface area contributed by atoms with E-state index in [0.717, 1.165) is 18.9 Å². The Labute approximate surface area is 106 Å². The third-order valence-corrected chi connectivity index (χ3v) is 3.81. The van der Waals surface area contributed by atoms with Crippen LogP contribution in [-0.4, -0.2) is 0 Å². The Bertz CT molecular complexity index is 422. The van der Waals surface area contributed by atoms with Gasteiger partial charge in [0.1, 0.15) is 0 Å². The van der Waals surface area contributed by atoms with Crippen LogP contribution in [0, 0.1) is 0 Å². The summed E-state index contributed by atoms with van der Waals surface area (Å²) in [5.74, 6) is 0. The molecular formula is C12H13BrF3N. The van der Waals surface area contributed by atoms with E-state index in [0.29, 0.717) is 17.3 Å². The molecule has 0 bridgehead atoms. The van der Waals surface area contributed by atoms with Crippen LogP contribution < -0.4 is 5.73 Å². The molecule has 1 fully saturated rings. The number of nitrogens with two attached hydrogens (primary N) is 1. The Morgan fingerprint density at radius 3 is 2.29 bits per heavy atom. The fourth-order valence-electron chi connectivity index (χ4n) is 2.46. The first kappa shape index (κ1) is 12.9. The minimum absolute atomic E-state index is 0.228. The van der Waals surface area contributed by atoms with E-state index >= 15 is 0 Å². The highest BCUT2D eigenvalue weighted by molar-refractivity contribution is 9.10. The number of alkyl halides is 3. The SMILES string of the molecule is NC1(c2ccc(Br)cc2C(F)(F)F)CCCC1. The van der Waals surface area contributed by atoms with E-state index in [1.54, 1.807) is 6.07 Å². The molecule has 2 N–H and O–H groups in total. The fraction of sp³-hybridized carbons (Fsp3) is 0.500. The van der Waals surface area contributed by atoms with Crippen LogP contribution in [0.15, 0.2) is 22.7 Å². The summed E-state index contributed by atoms with van der Waals surface area (Å²) in [6.45, 7) is 0. The maximum Gasteiger partial charge on any atom is 0.416 e. The average molecular weight is 308 g/mol.